The predicted molar refractivity (Wildman–Crippen MR) is 56.1 cm³/mol. The Morgan fingerprint density at radius 1 is 1.57 bits per heavy atom. The van der Waals surface area contributed by atoms with Crippen LogP contribution in [0.5, 0.6) is 0 Å². The molecule has 2 unspecified atom stereocenters. The van der Waals surface area contributed by atoms with Crippen molar-refractivity contribution in [2.24, 2.45) is 5.73 Å². The number of rotatable bonds is 3. The average molecular weight is 213 g/mol. The fraction of sp³-hybridized carbons (Fsp3) is 0.778. The molecule has 0 bridgehead atoms. The maximum atomic E-state index is 5.83. The summed E-state index contributed by atoms with van der Waals surface area (Å²) >= 11 is 1.70. The van der Waals surface area contributed by atoms with Gasteiger partial charge in [0.2, 0.25) is 5.89 Å². The molecular weight excluding hydrogens is 198 g/mol. The molecule has 14 heavy (non-hydrogen) atoms. The van der Waals surface area contributed by atoms with Crippen LogP contribution in [0.25, 0.3) is 0 Å². The summed E-state index contributed by atoms with van der Waals surface area (Å²) in [5.41, 5.74) is 5.83. The molecule has 1 aliphatic rings. The van der Waals surface area contributed by atoms with E-state index in [9.17, 15) is 0 Å². The Bertz CT molecular complexity index is 302. The number of thioether (sulfide) groups is 1. The second-order valence-corrected chi connectivity index (χ2v) is 4.62. The molecule has 1 aliphatic carbocycles. The summed E-state index contributed by atoms with van der Waals surface area (Å²) in [4.78, 5) is 4.36. The first-order valence-corrected chi connectivity index (χ1v) is 6.26. The third-order valence-electron chi connectivity index (χ3n) is 2.58. The SMILES string of the molecule is CSCc1noc(C2CCC(N)C2)n1. The lowest BCUT2D eigenvalue weighted by Gasteiger charge is -2.01. The van der Waals surface area contributed by atoms with Gasteiger partial charge in [-0.15, -0.1) is 0 Å². The van der Waals surface area contributed by atoms with E-state index in [1.54, 1.807) is 11.8 Å². The van der Waals surface area contributed by atoms with Crippen LogP contribution in [0.3, 0.4) is 0 Å². The zero-order chi connectivity index (χ0) is 9.97. The molecular formula is C9H15N3OS. The van der Waals surface area contributed by atoms with E-state index in [4.69, 9.17) is 10.3 Å². The maximum Gasteiger partial charge on any atom is 0.229 e. The molecule has 4 nitrogen and oxygen atoms in total. The molecule has 1 saturated carbocycles. The van der Waals surface area contributed by atoms with Gasteiger partial charge in [0.05, 0.1) is 5.75 Å². The van der Waals surface area contributed by atoms with Crippen LogP contribution in [0.15, 0.2) is 4.52 Å². The maximum absolute atomic E-state index is 5.83. The number of hydrogen-bond donors (Lipinski definition) is 1. The van der Waals surface area contributed by atoms with E-state index < -0.39 is 0 Å². The molecule has 2 rings (SSSR count). The number of nitrogens with two attached hydrogens (primary N) is 1. The van der Waals surface area contributed by atoms with Crippen LogP contribution in [-0.4, -0.2) is 22.4 Å². The summed E-state index contributed by atoms with van der Waals surface area (Å²) < 4.78 is 5.22. The molecule has 5 heteroatoms. The van der Waals surface area contributed by atoms with Crippen molar-refractivity contribution in [2.45, 2.75) is 37.0 Å². The van der Waals surface area contributed by atoms with Crippen molar-refractivity contribution in [2.75, 3.05) is 6.26 Å². The fourth-order valence-electron chi connectivity index (χ4n) is 1.86. The van der Waals surface area contributed by atoms with Gasteiger partial charge in [-0.1, -0.05) is 5.16 Å². The van der Waals surface area contributed by atoms with Crippen molar-refractivity contribution in [3.63, 3.8) is 0 Å². The first-order chi connectivity index (χ1) is 6.79. The zero-order valence-electron chi connectivity index (χ0n) is 8.27. The average Bonchev–Trinajstić information content (AvgIpc) is 2.74. The second kappa shape index (κ2) is 4.31. The Balaban J connectivity index is 2.02. The molecule has 0 aromatic carbocycles. The van der Waals surface area contributed by atoms with Gasteiger partial charge in [0.1, 0.15) is 0 Å². The lowest BCUT2D eigenvalue weighted by molar-refractivity contribution is 0.350. The smallest absolute Gasteiger partial charge is 0.229 e. The van der Waals surface area contributed by atoms with Crippen LogP contribution in [0, 0.1) is 0 Å². The molecule has 0 amide bonds. The highest BCUT2D eigenvalue weighted by atomic mass is 32.2. The van der Waals surface area contributed by atoms with Crippen LogP contribution in [0.4, 0.5) is 0 Å². The first kappa shape index (κ1) is 9.98. The van der Waals surface area contributed by atoms with Gasteiger partial charge in [-0.25, -0.2) is 0 Å². The monoisotopic (exact) mass is 213 g/mol. The minimum atomic E-state index is 0.316. The van der Waals surface area contributed by atoms with Gasteiger partial charge < -0.3 is 10.3 Å². The molecule has 0 saturated heterocycles. The van der Waals surface area contributed by atoms with E-state index in [2.05, 4.69) is 10.1 Å². The second-order valence-electron chi connectivity index (χ2n) is 3.75. The van der Waals surface area contributed by atoms with Gasteiger partial charge in [-0.3, -0.25) is 0 Å². The Hall–Kier alpha value is -0.550. The van der Waals surface area contributed by atoms with E-state index >= 15 is 0 Å². The highest BCUT2D eigenvalue weighted by molar-refractivity contribution is 7.97. The number of nitrogens with zero attached hydrogens (tertiary/aromatic N) is 2. The molecule has 1 fully saturated rings. The molecule has 2 N–H and O–H groups in total. The summed E-state index contributed by atoms with van der Waals surface area (Å²) in [5.74, 6) is 2.80. The molecule has 0 spiro atoms. The lowest BCUT2D eigenvalue weighted by atomic mass is 10.1. The highest BCUT2D eigenvalue weighted by Gasteiger charge is 2.27. The Kier molecular flexibility index (Phi) is 3.08. The molecule has 1 aromatic heterocycles. The number of aromatic nitrogens is 2. The summed E-state index contributed by atoms with van der Waals surface area (Å²) in [5, 5.41) is 3.93. The summed E-state index contributed by atoms with van der Waals surface area (Å²) in [6.45, 7) is 0. The van der Waals surface area contributed by atoms with E-state index in [-0.39, 0.29) is 0 Å². The van der Waals surface area contributed by atoms with Crippen molar-refractivity contribution in [1.29, 1.82) is 0 Å². The van der Waals surface area contributed by atoms with E-state index in [1.807, 2.05) is 6.26 Å². The Morgan fingerprint density at radius 2 is 2.43 bits per heavy atom. The van der Waals surface area contributed by atoms with Crippen molar-refractivity contribution in [1.82, 2.24) is 10.1 Å². The third kappa shape index (κ3) is 2.09. The van der Waals surface area contributed by atoms with Gasteiger partial charge in [0, 0.05) is 12.0 Å². The van der Waals surface area contributed by atoms with Crippen molar-refractivity contribution < 1.29 is 4.52 Å². The number of hydrogen-bond acceptors (Lipinski definition) is 5. The van der Waals surface area contributed by atoms with Gasteiger partial charge >= 0.3 is 0 Å². The largest absolute Gasteiger partial charge is 0.339 e. The van der Waals surface area contributed by atoms with Crippen LogP contribution in [-0.2, 0) is 5.75 Å². The first-order valence-electron chi connectivity index (χ1n) is 4.86. The fourth-order valence-corrected chi connectivity index (χ4v) is 2.24. The van der Waals surface area contributed by atoms with Crippen molar-refractivity contribution >= 4 is 11.8 Å². The Labute approximate surface area is 87.6 Å². The minimum absolute atomic E-state index is 0.316. The van der Waals surface area contributed by atoms with E-state index in [0.29, 0.717) is 12.0 Å². The van der Waals surface area contributed by atoms with Gasteiger partial charge in [-0.05, 0) is 25.5 Å². The molecule has 1 aromatic rings. The highest BCUT2D eigenvalue weighted by Crippen LogP contribution is 2.32. The third-order valence-corrected chi connectivity index (χ3v) is 3.13. The van der Waals surface area contributed by atoms with Crippen molar-refractivity contribution in [3.8, 4) is 0 Å². The predicted octanol–water partition coefficient (Wildman–Crippen LogP) is 1.53. The molecule has 0 radical (unpaired) electrons. The Morgan fingerprint density at radius 3 is 3.07 bits per heavy atom. The molecule has 0 aliphatic heterocycles. The summed E-state index contributed by atoms with van der Waals surface area (Å²) in [6.07, 6.45) is 5.18. The summed E-state index contributed by atoms with van der Waals surface area (Å²) in [6, 6.07) is 0.316. The quantitative estimate of drug-likeness (QED) is 0.824. The summed E-state index contributed by atoms with van der Waals surface area (Å²) in [7, 11) is 0. The van der Waals surface area contributed by atoms with Gasteiger partial charge in [0.15, 0.2) is 5.82 Å². The van der Waals surface area contributed by atoms with E-state index in [0.717, 1.165) is 36.7 Å². The molecule has 1 heterocycles. The van der Waals surface area contributed by atoms with Crippen LogP contribution >= 0.6 is 11.8 Å². The van der Waals surface area contributed by atoms with Crippen LogP contribution in [0.1, 0.15) is 36.9 Å². The standard InChI is InChI=1S/C9H15N3OS/c1-14-5-8-11-9(13-12-8)6-2-3-7(10)4-6/h6-7H,2-5,10H2,1H3. The minimum Gasteiger partial charge on any atom is -0.339 e. The molecule has 2 atom stereocenters. The van der Waals surface area contributed by atoms with Crippen LogP contribution < -0.4 is 5.73 Å². The van der Waals surface area contributed by atoms with Crippen LogP contribution in [0.2, 0.25) is 0 Å². The van der Waals surface area contributed by atoms with Gasteiger partial charge in [-0.2, -0.15) is 16.7 Å². The van der Waals surface area contributed by atoms with Crippen molar-refractivity contribution in [3.05, 3.63) is 11.7 Å². The zero-order valence-corrected chi connectivity index (χ0v) is 9.09. The van der Waals surface area contributed by atoms with E-state index in [1.165, 1.54) is 0 Å². The normalized spacial score (nSPS) is 27.0. The topological polar surface area (TPSA) is 64.9 Å². The van der Waals surface area contributed by atoms with Gasteiger partial charge in [0.25, 0.3) is 0 Å². The molecule has 78 valence electrons. The lowest BCUT2D eigenvalue weighted by Crippen LogP contribution is -2.14.